The molecular weight excluding hydrogens is 432 g/mol. The number of carbonyl (C=O) groups is 1. The summed E-state index contributed by atoms with van der Waals surface area (Å²) in [5, 5.41) is 7.58. The minimum atomic E-state index is -0.280. The van der Waals surface area contributed by atoms with Crippen LogP contribution in [0.4, 0.5) is 22.1 Å². The van der Waals surface area contributed by atoms with E-state index in [2.05, 4.69) is 20.2 Å². The first kappa shape index (κ1) is 21.9. The Bertz CT molecular complexity index is 1040. The van der Waals surface area contributed by atoms with E-state index in [0.717, 1.165) is 5.69 Å². The number of anilines is 3. The highest BCUT2D eigenvalue weighted by atomic mass is 35.5. The third-order valence-electron chi connectivity index (χ3n) is 5.00. The smallest absolute Gasteiger partial charge is 0.410 e. The van der Waals surface area contributed by atoms with Gasteiger partial charge in [0.05, 0.1) is 23.0 Å². The van der Waals surface area contributed by atoms with Crippen molar-refractivity contribution >= 4 is 35.0 Å². The lowest BCUT2D eigenvalue weighted by Crippen LogP contribution is -2.42. The second kappa shape index (κ2) is 9.86. The predicted octanol–water partition coefficient (Wildman–Crippen LogP) is 4.71. The molecule has 1 N–H and O–H groups in total. The summed E-state index contributed by atoms with van der Waals surface area (Å²) >= 11 is 6.46. The molecule has 1 saturated heterocycles. The van der Waals surface area contributed by atoms with Gasteiger partial charge in [0.2, 0.25) is 5.88 Å². The van der Waals surface area contributed by atoms with E-state index < -0.39 is 0 Å². The lowest BCUT2D eigenvalue weighted by molar-refractivity contribution is 0.0507. The number of carbonyl (C=O) groups excluding carboxylic acids is 1. The van der Waals surface area contributed by atoms with Crippen molar-refractivity contribution in [2.45, 2.75) is 38.9 Å². The number of H-pyrrole nitrogens is 1. The van der Waals surface area contributed by atoms with Crippen LogP contribution in [0.5, 0.6) is 5.88 Å². The first-order chi connectivity index (χ1) is 15.5. The normalized spacial score (nSPS) is 14.4. The minimum Gasteiger partial charge on any atom is -0.474 e. The molecule has 0 unspecified atom stereocenters. The minimum absolute atomic E-state index is 0.0539. The van der Waals surface area contributed by atoms with E-state index in [-0.39, 0.29) is 18.3 Å². The fraction of sp³-hybridized carbons (Fsp3) is 0.364. The molecule has 0 bridgehead atoms. The maximum absolute atomic E-state index is 12.1. The van der Waals surface area contributed by atoms with Crippen molar-refractivity contribution in [3.63, 3.8) is 0 Å². The van der Waals surface area contributed by atoms with Gasteiger partial charge in [0.1, 0.15) is 24.1 Å². The first-order valence-electron chi connectivity index (χ1n) is 10.5. The highest BCUT2D eigenvalue weighted by Gasteiger charge is 2.26. The Kier molecular flexibility index (Phi) is 6.75. The van der Waals surface area contributed by atoms with Crippen LogP contribution in [0.2, 0.25) is 5.02 Å². The van der Waals surface area contributed by atoms with Gasteiger partial charge in [0.15, 0.2) is 0 Å². The monoisotopic (exact) mass is 456 g/mol. The molecule has 9 nitrogen and oxygen atoms in total. The SMILES string of the molecule is CC(C)OC(=O)N1CCC(Oc2cc(N(c3ccn[nH]3)c3ccccc3Cl)ncn2)CC1. The summed E-state index contributed by atoms with van der Waals surface area (Å²) in [4.78, 5) is 24.4. The number of hydrogen-bond donors (Lipinski definition) is 1. The van der Waals surface area contributed by atoms with Crippen LogP contribution in [0.15, 0.2) is 48.9 Å². The van der Waals surface area contributed by atoms with Gasteiger partial charge in [-0.25, -0.2) is 14.8 Å². The van der Waals surface area contributed by atoms with Crippen LogP contribution in [-0.2, 0) is 4.74 Å². The molecule has 10 heteroatoms. The second-order valence-corrected chi connectivity index (χ2v) is 8.09. The highest BCUT2D eigenvalue weighted by Crippen LogP contribution is 2.37. The van der Waals surface area contributed by atoms with Gasteiger partial charge >= 0.3 is 6.09 Å². The number of rotatable bonds is 6. The summed E-state index contributed by atoms with van der Waals surface area (Å²) in [6, 6.07) is 11.1. The molecule has 0 saturated carbocycles. The van der Waals surface area contributed by atoms with Crippen LogP contribution in [0.25, 0.3) is 0 Å². The Morgan fingerprint density at radius 2 is 2.00 bits per heavy atom. The molecule has 3 heterocycles. The Morgan fingerprint density at radius 1 is 1.22 bits per heavy atom. The van der Waals surface area contributed by atoms with Crippen LogP contribution in [0, 0.1) is 0 Å². The van der Waals surface area contributed by atoms with Gasteiger partial charge in [-0.3, -0.25) is 10.00 Å². The summed E-state index contributed by atoms with van der Waals surface area (Å²) in [7, 11) is 0. The number of likely N-dealkylation sites (tertiary alicyclic amines) is 1. The molecule has 1 amide bonds. The van der Waals surface area contributed by atoms with Crippen molar-refractivity contribution in [2.75, 3.05) is 18.0 Å². The summed E-state index contributed by atoms with van der Waals surface area (Å²) in [6.45, 7) is 4.84. The van der Waals surface area contributed by atoms with Gasteiger partial charge in [0, 0.05) is 38.1 Å². The number of aromatic amines is 1. The van der Waals surface area contributed by atoms with E-state index in [1.54, 1.807) is 17.2 Å². The van der Waals surface area contributed by atoms with E-state index in [4.69, 9.17) is 21.1 Å². The largest absolute Gasteiger partial charge is 0.474 e. The highest BCUT2D eigenvalue weighted by molar-refractivity contribution is 6.33. The van der Waals surface area contributed by atoms with Crippen molar-refractivity contribution in [1.29, 1.82) is 0 Å². The molecule has 4 rings (SSSR count). The quantitative estimate of drug-likeness (QED) is 0.573. The zero-order valence-corrected chi connectivity index (χ0v) is 18.7. The van der Waals surface area contributed by atoms with Crippen molar-refractivity contribution < 1.29 is 14.3 Å². The number of nitrogens with one attached hydrogen (secondary N) is 1. The number of nitrogens with zero attached hydrogens (tertiary/aromatic N) is 5. The van der Waals surface area contributed by atoms with E-state index in [1.807, 2.05) is 49.1 Å². The number of aromatic nitrogens is 4. The van der Waals surface area contributed by atoms with Crippen molar-refractivity contribution in [3.05, 3.63) is 53.9 Å². The van der Waals surface area contributed by atoms with E-state index >= 15 is 0 Å². The molecule has 168 valence electrons. The lowest BCUT2D eigenvalue weighted by atomic mass is 10.1. The van der Waals surface area contributed by atoms with Crippen LogP contribution in [0.3, 0.4) is 0 Å². The third-order valence-corrected chi connectivity index (χ3v) is 5.32. The van der Waals surface area contributed by atoms with Gasteiger partial charge < -0.3 is 14.4 Å². The number of para-hydroxylation sites is 1. The average molecular weight is 457 g/mol. The van der Waals surface area contributed by atoms with Crippen LogP contribution in [0.1, 0.15) is 26.7 Å². The Labute approximate surface area is 191 Å². The number of ether oxygens (including phenoxy) is 2. The van der Waals surface area contributed by atoms with E-state index in [1.165, 1.54) is 6.33 Å². The van der Waals surface area contributed by atoms with Gasteiger partial charge in [-0.15, -0.1) is 0 Å². The second-order valence-electron chi connectivity index (χ2n) is 7.68. The average Bonchev–Trinajstić information content (AvgIpc) is 3.30. The molecule has 1 aliphatic heterocycles. The number of piperidine rings is 1. The summed E-state index contributed by atoms with van der Waals surface area (Å²) in [6.07, 6.45) is 4.05. The van der Waals surface area contributed by atoms with Gasteiger partial charge in [0.25, 0.3) is 0 Å². The molecule has 0 radical (unpaired) electrons. The van der Waals surface area contributed by atoms with Crippen molar-refractivity contribution in [1.82, 2.24) is 25.1 Å². The molecule has 32 heavy (non-hydrogen) atoms. The topological polar surface area (TPSA) is 96.5 Å². The summed E-state index contributed by atoms with van der Waals surface area (Å²) < 4.78 is 11.4. The fourth-order valence-corrected chi connectivity index (χ4v) is 3.72. The zero-order chi connectivity index (χ0) is 22.5. The molecule has 0 atom stereocenters. The fourth-order valence-electron chi connectivity index (χ4n) is 3.50. The van der Waals surface area contributed by atoms with Gasteiger partial charge in [-0.05, 0) is 26.0 Å². The molecule has 3 aromatic rings. The van der Waals surface area contributed by atoms with E-state index in [0.29, 0.717) is 48.5 Å². The summed E-state index contributed by atoms with van der Waals surface area (Å²) in [5.74, 6) is 1.75. The Balaban J connectivity index is 1.49. The molecular formula is C22H25ClN6O3. The molecule has 0 aliphatic carbocycles. The maximum atomic E-state index is 12.1. The van der Waals surface area contributed by atoms with Crippen molar-refractivity contribution in [3.8, 4) is 5.88 Å². The van der Waals surface area contributed by atoms with Crippen LogP contribution >= 0.6 is 11.6 Å². The standard InChI is InChI=1S/C22H25ClN6O3/c1-15(2)31-22(30)28-11-8-16(9-12-28)32-21-13-20(24-14-25-21)29(19-7-10-26-27-19)18-6-4-3-5-17(18)23/h3-7,10,13-16H,8-9,11-12H2,1-2H3,(H,26,27). The molecule has 0 spiro atoms. The Morgan fingerprint density at radius 3 is 2.69 bits per heavy atom. The molecule has 1 aromatic carbocycles. The zero-order valence-electron chi connectivity index (χ0n) is 17.9. The molecule has 1 fully saturated rings. The number of hydrogen-bond acceptors (Lipinski definition) is 7. The van der Waals surface area contributed by atoms with Crippen LogP contribution < -0.4 is 9.64 Å². The lowest BCUT2D eigenvalue weighted by Gasteiger charge is -2.31. The Hall–Kier alpha value is -3.33. The van der Waals surface area contributed by atoms with Gasteiger partial charge in [-0.1, -0.05) is 23.7 Å². The molecule has 2 aromatic heterocycles. The first-order valence-corrected chi connectivity index (χ1v) is 10.9. The summed E-state index contributed by atoms with van der Waals surface area (Å²) in [5.41, 5.74) is 0.750. The molecule has 1 aliphatic rings. The van der Waals surface area contributed by atoms with Gasteiger partial charge in [-0.2, -0.15) is 5.10 Å². The number of benzene rings is 1. The third kappa shape index (κ3) is 5.11. The van der Waals surface area contributed by atoms with Crippen molar-refractivity contribution in [2.24, 2.45) is 0 Å². The number of amides is 1. The van der Waals surface area contributed by atoms with Crippen LogP contribution in [-0.4, -0.2) is 56.5 Å². The van der Waals surface area contributed by atoms with E-state index in [9.17, 15) is 4.79 Å². The maximum Gasteiger partial charge on any atom is 0.410 e. The number of halogens is 1. The predicted molar refractivity (Wildman–Crippen MR) is 121 cm³/mol.